The van der Waals surface area contributed by atoms with E-state index >= 15 is 0 Å². The second-order valence-corrected chi connectivity index (χ2v) is 5.42. The van der Waals surface area contributed by atoms with Crippen LogP contribution < -0.4 is 0 Å². The van der Waals surface area contributed by atoms with E-state index < -0.39 is 5.97 Å². The molecule has 2 N–H and O–H groups in total. The third-order valence-corrected chi connectivity index (χ3v) is 3.89. The van der Waals surface area contributed by atoms with Crippen LogP contribution in [0.4, 0.5) is 0 Å². The molecule has 2 aromatic carbocycles. The van der Waals surface area contributed by atoms with Crippen LogP contribution >= 0.6 is 0 Å². The number of rotatable bonds is 4. The van der Waals surface area contributed by atoms with Gasteiger partial charge in [0.2, 0.25) is 0 Å². The third kappa shape index (κ3) is 2.78. The molecule has 0 saturated heterocycles. The molecule has 0 aliphatic heterocycles. The van der Waals surface area contributed by atoms with Crippen molar-refractivity contribution in [2.75, 3.05) is 0 Å². The van der Waals surface area contributed by atoms with Gasteiger partial charge in [0.1, 0.15) is 5.69 Å². The van der Waals surface area contributed by atoms with Crippen molar-refractivity contribution in [3.63, 3.8) is 0 Å². The summed E-state index contributed by atoms with van der Waals surface area (Å²) in [5, 5.41) is 23.2. The van der Waals surface area contributed by atoms with E-state index in [1.165, 1.54) is 0 Å². The third-order valence-electron chi connectivity index (χ3n) is 3.89. The van der Waals surface area contributed by atoms with E-state index in [-0.39, 0.29) is 5.69 Å². The SMILES string of the molecule is O=C(O)c1[nH]nnc1-c1ccc(-c2ccc(-n3cccn3)cc2)cc1. The molecule has 0 amide bonds. The van der Waals surface area contributed by atoms with Crippen LogP contribution in [0.15, 0.2) is 67.0 Å². The number of nitrogens with zero attached hydrogens (tertiary/aromatic N) is 4. The first-order chi connectivity index (χ1) is 12.2. The van der Waals surface area contributed by atoms with Crippen LogP contribution in [-0.4, -0.2) is 36.3 Å². The summed E-state index contributed by atoms with van der Waals surface area (Å²) in [6.07, 6.45) is 3.63. The first kappa shape index (κ1) is 14.8. The molecule has 0 radical (unpaired) electrons. The highest BCUT2D eigenvalue weighted by atomic mass is 16.4. The number of H-pyrrole nitrogens is 1. The van der Waals surface area contributed by atoms with Gasteiger partial charge in [-0.1, -0.05) is 41.6 Å². The molecule has 4 rings (SSSR count). The van der Waals surface area contributed by atoms with Crippen molar-refractivity contribution in [3.8, 4) is 28.1 Å². The molecule has 0 atom stereocenters. The van der Waals surface area contributed by atoms with E-state index in [4.69, 9.17) is 5.11 Å². The van der Waals surface area contributed by atoms with Gasteiger partial charge < -0.3 is 5.11 Å². The van der Waals surface area contributed by atoms with Crippen molar-refractivity contribution in [3.05, 3.63) is 72.7 Å². The van der Waals surface area contributed by atoms with Gasteiger partial charge in [0.25, 0.3) is 0 Å². The van der Waals surface area contributed by atoms with Gasteiger partial charge >= 0.3 is 5.97 Å². The number of benzene rings is 2. The smallest absolute Gasteiger partial charge is 0.356 e. The van der Waals surface area contributed by atoms with Crippen molar-refractivity contribution in [2.45, 2.75) is 0 Å². The fourth-order valence-electron chi connectivity index (χ4n) is 2.63. The van der Waals surface area contributed by atoms with Gasteiger partial charge in [-0.05, 0) is 29.3 Å². The lowest BCUT2D eigenvalue weighted by atomic mass is 10.0. The van der Waals surface area contributed by atoms with Crippen LogP contribution in [0.2, 0.25) is 0 Å². The average Bonchev–Trinajstić information content (AvgIpc) is 3.34. The number of aromatic carboxylic acids is 1. The molecule has 0 bridgehead atoms. The Hall–Kier alpha value is -3.74. The number of nitrogens with one attached hydrogen (secondary N) is 1. The molecule has 4 aromatic rings. The van der Waals surface area contributed by atoms with Crippen LogP contribution in [0.5, 0.6) is 0 Å². The monoisotopic (exact) mass is 331 g/mol. The summed E-state index contributed by atoms with van der Waals surface area (Å²) in [4.78, 5) is 11.2. The van der Waals surface area contributed by atoms with E-state index in [0.717, 1.165) is 16.8 Å². The van der Waals surface area contributed by atoms with Gasteiger partial charge in [0.15, 0.2) is 5.69 Å². The van der Waals surface area contributed by atoms with Gasteiger partial charge in [-0.3, -0.25) is 5.10 Å². The molecule has 0 fully saturated rings. The van der Waals surface area contributed by atoms with Crippen molar-refractivity contribution < 1.29 is 9.90 Å². The molecule has 2 aromatic heterocycles. The molecule has 0 unspecified atom stereocenters. The minimum atomic E-state index is -1.08. The van der Waals surface area contributed by atoms with E-state index in [1.54, 1.807) is 10.9 Å². The Morgan fingerprint density at radius 1 is 0.960 bits per heavy atom. The normalized spacial score (nSPS) is 10.7. The van der Waals surface area contributed by atoms with Crippen molar-refractivity contribution >= 4 is 5.97 Å². The van der Waals surface area contributed by atoms with Crippen LogP contribution in [0, 0.1) is 0 Å². The number of carboxylic acid groups (broad SMARTS) is 1. The maximum absolute atomic E-state index is 11.2. The number of carboxylic acids is 1. The number of hydrogen-bond acceptors (Lipinski definition) is 4. The number of hydrogen-bond donors (Lipinski definition) is 2. The zero-order chi connectivity index (χ0) is 17.2. The lowest BCUT2D eigenvalue weighted by Crippen LogP contribution is -1.99. The molecule has 0 spiro atoms. The highest BCUT2D eigenvalue weighted by Gasteiger charge is 2.15. The molecule has 122 valence electrons. The average molecular weight is 331 g/mol. The van der Waals surface area contributed by atoms with Gasteiger partial charge in [-0.25, -0.2) is 9.48 Å². The van der Waals surface area contributed by atoms with Gasteiger partial charge in [-0.15, -0.1) is 5.10 Å². The summed E-state index contributed by atoms with van der Waals surface area (Å²) in [7, 11) is 0. The fourth-order valence-corrected chi connectivity index (χ4v) is 2.63. The molecular weight excluding hydrogens is 318 g/mol. The molecule has 7 heteroatoms. The second kappa shape index (κ2) is 6.04. The summed E-state index contributed by atoms with van der Waals surface area (Å²) in [5.74, 6) is -1.08. The summed E-state index contributed by atoms with van der Waals surface area (Å²) in [6, 6.07) is 17.4. The lowest BCUT2D eigenvalue weighted by molar-refractivity contribution is 0.0691. The first-order valence-corrected chi connectivity index (χ1v) is 7.57. The van der Waals surface area contributed by atoms with Crippen LogP contribution in [0.1, 0.15) is 10.5 Å². The number of aromatic amines is 1. The Labute approximate surface area is 142 Å². The van der Waals surface area contributed by atoms with E-state index in [9.17, 15) is 4.79 Å². The maximum atomic E-state index is 11.2. The van der Waals surface area contributed by atoms with Crippen LogP contribution in [0.3, 0.4) is 0 Å². The quantitative estimate of drug-likeness (QED) is 0.599. The predicted molar refractivity (Wildman–Crippen MR) is 91.3 cm³/mol. The highest BCUT2D eigenvalue weighted by molar-refractivity contribution is 5.92. The van der Waals surface area contributed by atoms with E-state index in [0.29, 0.717) is 11.3 Å². The predicted octanol–water partition coefficient (Wildman–Crippen LogP) is 3.02. The minimum absolute atomic E-state index is 0.0173. The van der Waals surface area contributed by atoms with Crippen LogP contribution in [-0.2, 0) is 0 Å². The Morgan fingerprint density at radius 2 is 1.60 bits per heavy atom. The second-order valence-electron chi connectivity index (χ2n) is 5.42. The zero-order valence-electron chi connectivity index (χ0n) is 13.0. The Balaban J connectivity index is 1.62. The van der Waals surface area contributed by atoms with E-state index in [1.807, 2.05) is 60.8 Å². The van der Waals surface area contributed by atoms with Crippen LogP contribution in [0.25, 0.3) is 28.1 Å². The zero-order valence-corrected chi connectivity index (χ0v) is 13.0. The van der Waals surface area contributed by atoms with Crippen molar-refractivity contribution in [2.24, 2.45) is 0 Å². The topological polar surface area (TPSA) is 96.7 Å². The van der Waals surface area contributed by atoms with E-state index in [2.05, 4.69) is 20.5 Å². The van der Waals surface area contributed by atoms with Gasteiger partial charge in [-0.2, -0.15) is 5.10 Å². The molecule has 0 aliphatic rings. The Morgan fingerprint density at radius 3 is 2.20 bits per heavy atom. The first-order valence-electron chi connectivity index (χ1n) is 7.57. The molecular formula is C18H13N5O2. The fraction of sp³-hybridized carbons (Fsp3) is 0. The number of carbonyl (C=O) groups is 1. The number of aromatic nitrogens is 5. The summed E-state index contributed by atoms with van der Waals surface area (Å²) >= 11 is 0. The molecule has 7 nitrogen and oxygen atoms in total. The summed E-state index contributed by atoms with van der Waals surface area (Å²) < 4.78 is 1.80. The maximum Gasteiger partial charge on any atom is 0.356 e. The van der Waals surface area contributed by atoms with Crippen molar-refractivity contribution in [1.82, 2.24) is 25.2 Å². The highest BCUT2D eigenvalue weighted by Crippen LogP contribution is 2.25. The Kier molecular flexibility index (Phi) is 3.59. The minimum Gasteiger partial charge on any atom is -0.476 e. The van der Waals surface area contributed by atoms with Gasteiger partial charge in [0, 0.05) is 18.0 Å². The molecule has 2 heterocycles. The lowest BCUT2D eigenvalue weighted by Gasteiger charge is -2.06. The largest absolute Gasteiger partial charge is 0.476 e. The summed E-state index contributed by atoms with van der Waals surface area (Å²) in [5.41, 5.74) is 4.07. The summed E-state index contributed by atoms with van der Waals surface area (Å²) in [6.45, 7) is 0. The molecule has 0 aliphatic carbocycles. The van der Waals surface area contributed by atoms with Gasteiger partial charge in [0.05, 0.1) is 5.69 Å². The van der Waals surface area contributed by atoms with Crippen molar-refractivity contribution in [1.29, 1.82) is 0 Å². The standard InChI is InChI=1S/C18H13N5O2/c24-18(25)17-16(20-22-21-17)14-4-2-12(3-5-14)13-6-8-15(9-7-13)23-11-1-10-19-23/h1-11H,(H,24,25)(H,20,21,22). The molecule has 0 saturated carbocycles. The molecule has 25 heavy (non-hydrogen) atoms. The Bertz CT molecular complexity index is 1000.